The molecule has 0 heterocycles. The summed E-state index contributed by atoms with van der Waals surface area (Å²) in [6.45, 7) is 7.03. The van der Waals surface area contributed by atoms with Crippen LogP contribution in [0.3, 0.4) is 0 Å². The van der Waals surface area contributed by atoms with Crippen LogP contribution in [0, 0.1) is 5.92 Å². The number of hydrogen-bond donors (Lipinski definition) is 0. The summed E-state index contributed by atoms with van der Waals surface area (Å²) in [5, 5.41) is 4.80. The zero-order valence-corrected chi connectivity index (χ0v) is 21.0. The number of rotatable bonds is 5. The van der Waals surface area contributed by atoms with E-state index in [9.17, 15) is 0 Å². The summed E-state index contributed by atoms with van der Waals surface area (Å²) in [7, 11) is -1.35. The third kappa shape index (κ3) is 5.85. The van der Waals surface area contributed by atoms with Gasteiger partial charge in [0.1, 0.15) is 0 Å². The Morgan fingerprint density at radius 2 is 1.33 bits per heavy atom. The van der Waals surface area contributed by atoms with Crippen LogP contribution in [0.15, 0.2) is 80.9 Å². The number of halogens is 3. The Hall–Kier alpha value is -0.279. The number of hydrogen-bond acceptors (Lipinski definition) is 0. The maximum absolute atomic E-state index is 2.38. The van der Waals surface area contributed by atoms with Gasteiger partial charge in [-0.3, -0.25) is 0 Å². The molecule has 27 heavy (non-hydrogen) atoms. The van der Waals surface area contributed by atoms with Gasteiger partial charge in [-0.25, -0.2) is 0 Å². The molecule has 0 nitrogen and oxygen atoms in total. The molecule has 0 radical (unpaired) electrons. The monoisotopic (exact) mass is 470 g/mol. The maximum Gasteiger partial charge on any atom is -1.00 e. The summed E-state index contributed by atoms with van der Waals surface area (Å²) < 4.78 is 1.59. The van der Waals surface area contributed by atoms with Crippen LogP contribution in [0.1, 0.15) is 33.6 Å². The molecule has 0 amide bonds. The first-order chi connectivity index (χ1) is 11.6. The van der Waals surface area contributed by atoms with Crippen LogP contribution in [0.5, 0.6) is 0 Å². The Morgan fingerprint density at radius 1 is 0.889 bits per heavy atom. The van der Waals surface area contributed by atoms with Crippen LogP contribution < -0.4 is 47.6 Å². The molecule has 5 heteroatoms. The van der Waals surface area contributed by atoms with E-state index in [0.29, 0.717) is 5.92 Å². The van der Waals surface area contributed by atoms with Crippen molar-refractivity contribution < 1.29 is 57.7 Å². The van der Waals surface area contributed by atoms with Crippen LogP contribution in [0.25, 0.3) is 0 Å². The second-order valence-corrected chi connectivity index (χ2v) is 10.5. The second kappa shape index (κ2) is 12.3. The van der Waals surface area contributed by atoms with Crippen LogP contribution in [0.4, 0.5) is 0 Å². The van der Waals surface area contributed by atoms with E-state index in [1.807, 2.05) is 0 Å². The molecule has 0 fully saturated rings. The van der Waals surface area contributed by atoms with E-state index in [2.05, 4.69) is 102 Å². The van der Waals surface area contributed by atoms with Gasteiger partial charge in [0.05, 0.1) is 0 Å². The van der Waals surface area contributed by atoms with Crippen molar-refractivity contribution in [2.75, 3.05) is 0 Å². The van der Waals surface area contributed by atoms with Gasteiger partial charge in [0.2, 0.25) is 0 Å². The second-order valence-electron chi connectivity index (χ2n) is 6.83. The molecule has 0 saturated heterocycles. The van der Waals surface area contributed by atoms with Crippen molar-refractivity contribution >= 4 is 19.2 Å². The molecule has 0 bridgehead atoms. The third-order valence-electron chi connectivity index (χ3n) is 5.23. The van der Waals surface area contributed by atoms with Crippen molar-refractivity contribution in [3.63, 3.8) is 0 Å². The molecule has 1 aliphatic carbocycles. The molecular weight excluding hydrogens is 447 g/mol. The van der Waals surface area contributed by atoms with Gasteiger partial charge in [-0.2, -0.15) is 0 Å². The molecule has 142 valence electrons. The SMILES string of the molecule is CCC(C)C1=C(C)CC([SiH](c2ccccc2)c2ccccc2)=[C]1[Ti+3].[Cl-].[Cl-].[Cl-]. The van der Waals surface area contributed by atoms with E-state index in [1.54, 1.807) is 20.2 Å². The zero-order valence-electron chi connectivity index (χ0n) is 16.0. The Balaban J connectivity index is 0.00000225. The average molecular weight is 472 g/mol. The van der Waals surface area contributed by atoms with Crippen molar-refractivity contribution in [2.45, 2.75) is 33.6 Å². The van der Waals surface area contributed by atoms with Gasteiger partial charge in [-0.15, -0.1) is 0 Å². The molecule has 2 aromatic carbocycles. The standard InChI is InChI=1S/C22H25Si.3ClH.Ti/c1-4-17(2)22-16-21(15-18(22)3)23(19-11-7-5-8-12-19)20-13-9-6-10-14-20;;;;/h5-14,17,23H,4,15H2,1-3H3;3*1H;/q;;;;+3/p-3. The molecule has 0 saturated carbocycles. The van der Waals surface area contributed by atoms with Crippen LogP contribution >= 0.6 is 0 Å². The Bertz CT molecular complexity index is 733. The fourth-order valence-corrected chi connectivity index (χ4v) is 8.75. The van der Waals surface area contributed by atoms with Gasteiger partial charge in [0, 0.05) is 0 Å². The van der Waals surface area contributed by atoms with Crippen molar-refractivity contribution in [2.24, 2.45) is 5.92 Å². The van der Waals surface area contributed by atoms with E-state index in [0.717, 1.165) is 0 Å². The number of allylic oxidation sites excluding steroid dienone is 4. The summed E-state index contributed by atoms with van der Waals surface area (Å²) in [4.78, 5) is 0. The molecular formula is C22H25Cl3SiTi. The molecule has 0 N–H and O–H groups in total. The Kier molecular flexibility index (Phi) is 12.2. The van der Waals surface area contributed by atoms with Crippen molar-refractivity contribution in [3.8, 4) is 0 Å². The molecule has 0 aliphatic heterocycles. The smallest absolute Gasteiger partial charge is 1.00 e. The van der Waals surface area contributed by atoms with Gasteiger partial charge < -0.3 is 37.2 Å². The normalized spacial score (nSPS) is 14.4. The van der Waals surface area contributed by atoms with E-state index in [1.165, 1.54) is 23.2 Å². The summed E-state index contributed by atoms with van der Waals surface area (Å²) in [5.74, 6) is 0.670. The third-order valence-corrected chi connectivity index (χ3v) is 9.89. The summed E-state index contributed by atoms with van der Waals surface area (Å²) in [5.41, 5.74) is 3.23. The minimum atomic E-state index is -1.35. The van der Waals surface area contributed by atoms with Crippen molar-refractivity contribution in [1.29, 1.82) is 0 Å². The van der Waals surface area contributed by atoms with Gasteiger partial charge >= 0.3 is 160 Å². The van der Waals surface area contributed by atoms with Gasteiger partial charge in [0.25, 0.3) is 0 Å². The predicted octanol–water partition coefficient (Wildman–Crippen LogP) is -4.85. The van der Waals surface area contributed by atoms with Crippen molar-refractivity contribution in [1.82, 2.24) is 0 Å². The van der Waals surface area contributed by atoms with Gasteiger partial charge in [-0.05, 0) is 0 Å². The first kappa shape index (κ1) is 26.7. The summed E-state index contributed by atoms with van der Waals surface area (Å²) >= 11 is 2.37. The topological polar surface area (TPSA) is 0 Å². The summed E-state index contributed by atoms with van der Waals surface area (Å²) in [6.07, 6.45) is 2.40. The molecule has 0 aromatic heterocycles. The minimum absolute atomic E-state index is 0. The van der Waals surface area contributed by atoms with Crippen LogP contribution in [-0.2, 0) is 20.4 Å². The Morgan fingerprint density at radius 3 is 1.74 bits per heavy atom. The molecule has 0 spiro atoms. The molecule has 1 unspecified atom stereocenters. The summed E-state index contributed by atoms with van der Waals surface area (Å²) in [6, 6.07) is 22.4. The minimum Gasteiger partial charge on any atom is -1.00 e. The van der Waals surface area contributed by atoms with Crippen LogP contribution in [0.2, 0.25) is 0 Å². The Labute approximate surface area is 196 Å². The largest absolute Gasteiger partial charge is 1.00 e. The maximum atomic E-state index is 2.38. The molecule has 3 rings (SSSR count). The zero-order chi connectivity index (χ0) is 17.1. The first-order valence-corrected chi connectivity index (χ1v) is 11.4. The van der Waals surface area contributed by atoms with E-state index < -0.39 is 8.80 Å². The first-order valence-electron chi connectivity index (χ1n) is 8.88. The molecule has 2 aromatic rings. The fraction of sp³-hybridized carbons (Fsp3) is 0.273. The quantitative estimate of drug-likeness (QED) is 0.384. The van der Waals surface area contributed by atoms with Crippen molar-refractivity contribution in [3.05, 3.63) is 80.9 Å². The fourth-order valence-electron chi connectivity index (χ4n) is 3.86. The van der Waals surface area contributed by atoms with Gasteiger partial charge in [-0.1, -0.05) is 0 Å². The van der Waals surface area contributed by atoms with E-state index in [-0.39, 0.29) is 37.2 Å². The van der Waals surface area contributed by atoms with E-state index >= 15 is 0 Å². The number of benzene rings is 2. The predicted molar refractivity (Wildman–Crippen MR) is 103 cm³/mol. The van der Waals surface area contributed by atoms with Gasteiger partial charge in [0.15, 0.2) is 0 Å². The molecule has 1 aliphatic rings. The average Bonchev–Trinajstić information content (AvgIpc) is 2.91. The molecule has 1 atom stereocenters. The van der Waals surface area contributed by atoms with Crippen LogP contribution in [-0.4, -0.2) is 8.80 Å². The van der Waals surface area contributed by atoms with E-state index in [4.69, 9.17) is 0 Å².